The van der Waals surface area contributed by atoms with E-state index in [1.807, 2.05) is 78.0 Å². The van der Waals surface area contributed by atoms with E-state index in [0.29, 0.717) is 5.56 Å². The van der Waals surface area contributed by atoms with Gasteiger partial charge in [-0.1, -0.05) is 54.6 Å². The van der Waals surface area contributed by atoms with Gasteiger partial charge in [0.1, 0.15) is 5.76 Å². The van der Waals surface area contributed by atoms with E-state index >= 15 is 0 Å². The molecule has 0 radical (unpaired) electrons. The van der Waals surface area contributed by atoms with Crippen LogP contribution in [0.3, 0.4) is 0 Å². The van der Waals surface area contributed by atoms with Crippen LogP contribution in [0.25, 0.3) is 27.6 Å². The van der Waals surface area contributed by atoms with Gasteiger partial charge in [0.05, 0.1) is 5.56 Å². The van der Waals surface area contributed by atoms with Crippen molar-refractivity contribution in [3.05, 3.63) is 114 Å². The number of carbonyl (C=O) groups is 3. The van der Waals surface area contributed by atoms with Gasteiger partial charge in [-0.25, -0.2) is 4.79 Å². The minimum atomic E-state index is -1.18. The molecule has 2 aromatic heterocycles. The van der Waals surface area contributed by atoms with Crippen molar-refractivity contribution in [2.75, 3.05) is 0 Å². The minimum absolute atomic E-state index is 0.0387. The number of rotatable bonds is 5. The molecule has 0 aliphatic rings. The number of hydrogen-bond donors (Lipinski definition) is 2. The molecule has 0 saturated carbocycles. The van der Waals surface area contributed by atoms with Gasteiger partial charge in [0.2, 0.25) is 0 Å². The molecule has 0 aliphatic heterocycles. The first-order valence-corrected chi connectivity index (χ1v) is 11.6. The monoisotopic (exact) mass is 494 g/mol. The first-order chi connectivity index (χ1) is 17.7. The molecule has 2 N–H and O–H groups in total. The first-order valence-electron chi connectivity index (χ1n) is 11.6. The fraction of sp³-hybridized carbons (Fsp3) is 0.100. The second-order valence-corrected chi connectivity index (χ2v) is 8.64. The van der Waals surface area contributed by atoms with Crippen molar-refractivity contribution in [3.63, 3.8) is 0 Å². The molecular formula is C30H26N2O5. The van der Waals surface area contributed by atoms with Crippen molar-refractivity contribution >= 4 is 45.1 Å². The number of aromatic carboxylic acids is 1. The normalized spacial score (nSPS) is 11.3. The molecule has 2 heterocycles. The molecule has 7 nitrogen and oxygen atoms in total. The third-order valence-electron chi connectivity index (χ3n) is 6.14. The number of carbonyl (C=O) groups excluding carboxylic acids is 2. The van der Waals surface area contributed by atoms with Gasteiger partial charge in [-0.05, 0) is 25.1 Å². The highest BCUT2D eigenvalue weighted by atomic mass is 16.4. The van der Waals surface area contributed by atoms with Crippen LogP contribution in [0.5, 0.6) is 0 Å². The van der Waals surface area contributed by atoms with Crippen LogP contribution < -0.4 is 0 Å². The standard InChI is InChI=1S/C19H15NO4.C11H11NO/c1-20-11-15(12-6-4-5-9-16(12)20)18(22)10-17(21)13-7-2-3-8-14(13)19(23)24;1-8(13)10-7-12(2)11-6-4-3-5-9(10)11/h2-11,22H,1H3,(H,23,24);3-7H,1-2H3. The largest absolute Gasteiger partial charge is 0.507 e. The zero-order chi connectivity index (χ0) is 26.7. The van der Waals surface area contributed by atoms with Gasteiger partial charge in [-0.15, -0.1) is 0 Å². The number of benzene rings is 3. The molecule has 0 amide bonds. The summed E-state index contributed by atoms with van der Waals surface area (Å²) in [6.07, 6.45) is 4.67. The Kier molecular flexibility index (Phi) is 7.06. The van der Waals surface area contributed by atoms with Crippen LogP contribution in [0.2, 0.25) is 0 Å². The number of aryl methyl sites for hydroxylation is 2. The first kappa shape index (κ1) is 25.2. The number of ketones is 2. The third-order valence-corrected chi connectivity index (χ3v) is 6.14. The number of nitrogens with zero attached hydrogens (tertiary/aromatic N) is 2. The highest BCUT2D eigenvalue weighted by Crippen LogP contribution is 2.26. The summed E-state index contributed by atoms with van der Waals surface area (Å²) >= 11 is 0. The Morgan fingerprint density at radius 1 is 0.649 bits per heavy atom. The predicted molar refractivity (Wildman–Crippen MR) is 144 cm³/mol. The van der Waals surface area contributed by atoms with Crippen molar-refractivity contribution in [1.29, 1.82) is 0 Å². The van der Waals surface area contributed by atoms with Crippen molar-refractivity contribution in [3.8, 4) is 0 Å². The molecule has 5 rings (SSSR count). The smallest absolute Gasteiger partial charge is 0.336 e. The van der Waals surface area contributed by atoms with E-state index < -0.39 is 11.8 Å². The summed E-state index contributed by atoms with van der Waals surface area (Å²) in [4.78, 5) is 34.9. The van der Waals surface area contributed by atoms with Gasteiger partial charge in [-0.2, -0.15) is 0 Å². The van der Waals surface area contributed by atoms with Crippen LogP contribution in [0.15, 0.2) is 91.3 Å². The molecule has 0 bridgehead atoms. The molecule has 3 aromatic carbocycles. The van der Waals surface area contributed by atoms with E-state index in [1.54, 1.807) is 25.3 Å². The lowest BCUT2D eigenvalue weighted by molar-refractivity contribution is 0.0692. The maximum atomic E-state index is 12.4. The summed E-state index contributed by atoms with van der Waals surface area (Å²) < 4.78 is 3.83. The van der Waals surface area contributed by atoms with Crippen molar-refractivity contribution in [1.82, 2.24) is 9.13 Å². The Balaban J connectivity index is 0.000000207. The van der Waals surface area contributed by atoms with E-state index in [4.69, 9.17) is 0 Å². The van der Waals surface area contributed by atoms with Crippen LogP contribution in [-0.2, 0) is 14.1 Å². The number of aliphatic hydroxyl groups is 1. The number of hydrogen-bond acceptors (Lipinski definition) is 4. The van der Waals surface area contributed by atoms with Gasteiger partial charge >= 0.3 is 5.97 Å². The lowest BCUT2D eigenvalue weighted by Crippen LogP contribution is -2.07. The summed E-state index contributed by atoms with van der Waals surface area (Å²) in [5, 5.41) is 21.4. The topological polar surface area (TPSA) is 102 Å². The Hall–Kier alpha value is -4.91. The van der Waals surface area contributed by atoms with Gasteiger partial charge in [0.15, 0.2) is 11.6 Å². The van der Waals surface area contributed by atoms with Gasteiger partial charge in [0, 0.05) is 71.1 Å². The number of aliphatic hydroxyl groups excluding tert-OH is 1. The van der Waals surface area contributed by atoms with Crippen LogP contribution >= 0.6 is 0 Å². The Morgan fingerprint density at radius 3 is 1.65 bits per heavy atom. The molecule has 5 aromatic rings. The molecule has 0 unspecified atom stereocenters. The second-order valence-electron chi connectivity index (χ2n) is 8.64. The maximum Gasteiger partial charge on any atom is 0.336 e. The molecule has 7 heteroatoms. The van der Waals surface area contributed by atoms with Crippen LogP contribution in [0.4, 0.5) is 0 Å². The van der Waals surface area contributed by atoms with E-state index in [2.05, 4.69) is 0 Å². The Morgan fingerprint density at radius 2 is 1.11 bits per heavy atom. The summed E-state index contributed by atoms with van der Waals surface area (Å²) in [6.45, 7) is 1.60. The summed E-state index contributed by atoms with van der Waals surface area (Å²) in [7, 11) is 3.80. The second kappa shape index (κ2) is 10.4. The van der Waals surface area contributed by atoms with Crippen LogP contribution in [0, 0.1) is 0 Å². The van der Waals surface area contributed by atoms with Crippen molar-refractivity contribution < 1.29 is 24.6 Å². The van der Waals surface area contributed by atoms with E-state index in [0.717, 1.165) is 33.4 Å². The predicted octanol–water partition coefficient (Wildman–Crippen LogP) is 6.04. The molecule has 0 aliphatic carbocycles. The number of allylic oxidation sites excluding steroid dienone is 1. The molecule has 37 heavy (non-hydrogen) atoms. The zero-order valence-corrected chi connectivity index (χ0v) is 20.7. The van der Waals surface area contributed by atoms with Gasteiger partial charge < -0.3 is 19.3 Å². The number of Topliss-reactive ketones (excluding diaryl/α,β-unsaturated/α-hetero) is 1. The highest BCUT2D eigenvalue weighted by Gasteiger charge is 2.16. The average molecular weight is 495 g/mol. The lowest BCUT2D eigenvalue weighted by atomic mass is 10.0. The molecule has 0 fully saturated rings. The number of fused-ring (bicyclic) bond motifs is 2. The molecule has 186 valence electrons. The Bertz CT molecular complexity index is 1690. The summed E-state index contributed by atoms with van der Waals surface area (Å²) in [5.41, 5.74) is 3.30. The van der Waals surface area contributed by atoms with E-state index in [1.165, 1.54) is 12.1 Å². The Labute approximate surface area is 213 Å². The molecule has 0 saturated heterocycles. The van der Waals surface area contributed by atoms with E-state index in [9.17, 15) is 24.6 Å². The van der Waals surface area contributed by atoms with E-state index in [-0.39, 0.29) is 22.7 Å². The SMILES string of the molecule is CC(=O)c1cn(C)c2ccccc12.Cn1cc(C(O)=CC(=O)c2ccccc2C(=O)O)c2ccccc21. The highest BCUT2D eigenvalue weighted by molar-refractivity contribution is 6.14. The van der Waals surface area contributed by atoms with Crippen LogP contribution in [0.1, 0.15) is 43.6 Å². The fourth-order valence-corrected chi connectivity index (χ4v) is 4.33. The van der Waals surface area contributed by atoms with Crippen molar-refractivity contribution in [2.45, 2.75) is 6.92 Å². The fourth-order valence-electron chi connectivity index (χ4n) is 4.33. The van der Waals surface area contributed by atoms with Crippen LogP contribution in [-0.4, -0.2) is 36.9 Å². The zero-order valence-electron chi connectivity index (χ0n) is 20.7. The summed E-state index contributed by atoms with van der Waals surface area (Å²) in [5.74, 6) is -1.82. The average Bonchev–Trinajstić information content (AvgIpc) is 3.42. The summed E-state index contributed by atoms with van der Waals surface area (Å²) in [6, 6.07) is 21.3. The number of carboxylic acids is 1. The molecular weight excluding hydrogens is 468 g/mol. The molecule has 0 atom stereocenters. The third kappa shape index (κ3) is 5.06. The number of para-hydroxylation sites is 2. The van der Waals surface area contributed by atoms with Crippen molar-refractivity contribution in [2.24, 2.45) is 14.1 Å². The number of carboxylic acid groups (broad SMARTS) is 1. The molecule has 0 spiro atoms. The van der Waals surface area contributed by atoms with Gasteiger partial charge in [-0.3, -0.25) is 9.59 Å². The minimum Gasteiger partial charge on any atom is -0.507 e. The number of aromatic nitrogens is 2. The maximum absolute atomic E-state index is 12.4. The quantitative estimate of drug-likeness (QED) is 0.176. The van der Waals surface area contributed by atoms with Gasteiger partial charge in [0.25, 0.3) is 0 Å². The lowest BCUT2D eigenvalue weighted by Gasteiger charge is -2.03.